The van der Waals surface area contributed by atoms with Crippen molar-refractivity contribution in [2.24, 2.45) is 0 Å². The van der Waals surface area contributed by atoms with Crippen LogP contribution in [0.4, 0.5) is 0 Å². The largest absolute Gasteiger partial charge is 0.493 e. The highest BCUT2D eigenvalue weighted by Crippen LogP contribution is 2.39. The summed E-state index contributed by atoms with van der Waals surface area (Å²) in [5, 5.41) is 9.21. The molecule has 0 saturated heterocycles. The number of ether oxygens (including phenoxy) is 3. The lowest BCUT2D eigenvalue weighted by Crippen LogP contribution is -2.10. The highest BCUT2D eigenvalue weighted by Gasteiger charge is 2.18. The van der Waals surface area contributed by atoms with Gasteiger partial charge in [-0.1, -0.05) is 18.2 Å². The summed E-state index contributed by atoms with van der Waals surface area (Å²) < 4.78 is 15.8. The van der Waals surface area contributed by atoms with Crippen LogP contribution < -0.4 is 14.2 Å². The molecule has 1 N–H and O–H groups in total. The lowest BCUT2D eigenvalue weighted by atomic mass is 10.2. The van der Waals surface area contributed by atoms with Gasteiger partial charge >= 0.3 is 5.97 Å². The SMILES string of the molecule is COc1cc(CO)cc(OC)c1OC(=O)c1ccccc1. The van der Waals surface area contributed by atoms with Gasteiger partial charge in [0.2, 0.25) is 5.75 Å². The average Bonchev–Trinajstić information content (AvgIpc) is 2.55. The zero-order valence-corrected chi connectivity index (χ0v) is 11.8. The summed E-state index contributed by atoms with van der Waals surface area (Å²) in [6.07, 6.45) is 0. The van der Waals surface area contributed by atoms with Crippen LogP contribution >= 0.6 is 0 Å². The maximum absolute atomic E-state index is 12.1. The second-order valence-corrected chi connectivity index (χ2v) is 4.24. The highest BCUT2D eigenvalue weighted by atomic mass is 16.6. The molecule has 0 heterocycles. The van der Waals surface area contributed by atoms with Crippen LogP contribution in [0.5, 0.6) is 17.2 Å². The lowest BCUT2D eigenvalue weighted by Gasteiger charge is -2.14. The normalized spacial score (nSPS) is 10.0. The van der Waals surface area contributed by atoms with Crippen molar-refractivity contribution in [3.05, 3.63) is 53.6 Å². The first kappa shape index (κ1) is 14.9. The van der Waals surface area contributed by atoms with E-state index in [-0.39, 0.29) is 12.4 Å². The van der Waals surface area contributed by atoms with E-state index in [1.165, 1.54) is 14.2 Å². The number of hydrogen-bond donors (Lipinski definition) is 1. The molecule has 2 rings (SSSR count). The minimum atomic E-state index is -0.510. The smallest absolute Gasteiger partial charge is 0.343 e. The molecule has 2 aromatic rings. The summed E-state index contributed by atoms with van der Waals surface area (Å²) in [5.41, 5.74) is 1.02. The zero-order valence-electron chi connectivity index (χ0n) is 11.8. The van der Waals surface area contributed by atoms with Crippen molar-refractivity contribution < 1.29 is 24.1 Å². The maximum atomic E-state index is 12.1. The first-order valence-corrected chi connectivity index (χ1v) is 6.32. The number of aliphatic hydroxyl groups excluding tert-OH is 1. The minimum absolute atomic E-state index is 0.167. The Morgan fingerprint density at radius 3 is 2.10 bits per heavy atom. The van der Waals surface area contributed by atoms with E-state index in [4.69, 9.17) is 14.2 Å². The number of aliphatic hydroxyl groups is 1. The standard InChI is InChI=1S/C16H16O5/c1-19-13-8-11(10-17)9-14(20-2)15(13)21-16(18)12-6-4-3-5-7-12/h3-9,17H,10H2,1-2H3. The Bertz CT molecular complexity index is 597. The predicted octanol–water partition coefficient (Wildman–Crippen LogP) is 2.42. The third-order valence-electron chi connectivity index (χ3n) is 2.91. The quantitative estimate of drug-likeness (QED) is 0.676. The summed E-state index contributed by atoms with van der Waals surface area (Å²) >= 11 is 0. The van der Waals surface area contributed by atoms with Crippen molar-refractivity contribution in [2.45, 2.75) is 6.61 Å². The first-order chi connectivity index (χ1) is 10.2. The van der Waals surface area contributed by atoms with E-state index in [1.807, 2.05) is 6.07 Å². The molecule has 5 heteroatoms. The Morgan fingerprint density at radius 1 is 1.05 bits per heavy atom. The Morgan fingerprint density at radius 2 is 1.62 bits per heavy atom. The molecule has 0 radical (unpaired) electrons. The van der Waals surface area contributed by atoms with Crippen LogP contribution in [-0.4, -0.2) is 25.3 Å². The van der Waals surface area contributed by atoms with Gasteiger partial charge in [-0.05, 0) is 29.8 Å². The molecular formula is C16H16O5. The molecule has 0 unspecified atom stereocenters. The van der Waals surface area contributed by atoms with E-state index in [9.17, 15) is 9.90 Å². The van der Waals surface area contributed by atoms with Gasteiger partial charge in [0.1, 0.15) is 0 Å². The molecule has 0 saturated carbocycles. The molecule has 0 spiro atoms. The molecule has 5 nitrogen and oxygen atoms in total. The molecule has 0 aliphatic heterocycles. The summed E-state index contributed by atoms with van der Waals surface area (Å²) in [6.45, 7) is -0.167. The molecule has 0 fully saturated rings. The van der Waals surface area contributed by atoms with Crippen LogP contribution in [0.1, 0.15) is 15.9 Å². The third-order valence-corrected chi connectivity index (χ3v) is 2.91. The molecular weight excluding hydrogens is 272 g/mol. The van der Waals surface area contributed by atoms with Gasteiger partial charge in [-0.2, -0.15) is 0 Å². The average molecular weight is 288 g/mol. The number of esters is 1. The van der Waals surface area contributed by atoms with Crippen LogP contribution in [-0.2, 0) is 6.61 Å². The van der Waals surface area contributed by atoms with Crippen molar-refractivity contribution in [2.75, 3.05) is 14.2 Å². The molecule has 0 aliphatic rings. The minimum Gasteiger partial charge on any atom is -0.493 e. The molecule has 0 aliphatic carbocycles. The van der Waals surface area contributed by atoms with E-state index in [2.05, 4.69) is 0 Å². The number of benzene rings is 2. The Balaban J connectivity index is 2.36. The van der Waals surface area contributed by atoms with E-state index in [0.29, 0.717) is 22.6 Å². The molecule has 2 aromatic carbocycles. The summed E-state index contributed by atoms with van der Waals surface area (Å²) in [6, 6.07) is 11.8. The summed E-state index contributed by atoms with van der Waals surface area (Å²) in [5.74, 6) is 0.320. The fourth-order valence-electron chi connectivity index (χ4n) is 1.85. The van der Waals surface area contributed by atoms with E-state index >= 15 is 0 Å². The maximum Gasteiger partial charge on any atom is 0.343 e. The van der Waals surface area contributed by atoms with Gasteiger partial charge in [-0.25, -0.2) is 4.79 Å². The van der Waals surface area contributed by atoms with E-state index in [1.54, 1.807) is 36.4 Å². The number of hydrogen-bond acceptors (Lipinski definition) is 5. The van der Waals surface area contributed by atoms with Crippen molar-refractivity contribution in [3.63, 3.8) is 0 Å². The molecule has 0 atom stereocenters. The number of carbonyl (C=O) groups is 1. The van der Waals surface area contributed by atoms with E-state index < -0.39 is 5.97 Å². The van der Waals surface area contributed by atoms with Crippen molar-refractivity contribution in [1.29, 1.82) is 0 Å². The molecule has 110 valence electrons. The number of rotatable bonds is 5. The number of carbonyl (C=O) groups excluding carboxylic acids is 1. The van der Waals surface area contributed by atoms with Crippen molar-refractivity contribution >= 4 is 5.97 Å². The van der Waals surface area contributed by atoms with Gasteiger partial charge in [-0.15, -0.1) is 0 Å². The van der Waals surface area contributed by atoms with Gasteiger partial charge in [-0.3, -0.25) is 0 Å². The number of methoxy groups -OCH3 is 2. The Labute approximate surface area is 122 Å². The van der Waals surface area contributed by atoms with Crippen LogP contribution in [0.2, 0.25) is 0 Å². The Hall–Kier alpha value is -2.53. The van der Waals surface area contributed by atoms with Gasteiger partial charge in [0, 0.05) is 0 Å². The van der Waals surface area contributed by atoms with Crippen LogP contribution in [0, 0.1) is 0 Å². The highest BCUT2D eigenvalue weighted by molar-refractivity contribution is 5.91. The summed E-state index contributed by atoms with van der Waals surface area (Å²) in [4.78, 5) is 12.1. The van der Waals surface area contributed by atoms with Gasteiger partial charge in [0.15, 0.2) is 11.5 Å². The zero-order chi connectivity index (χ0) is 15.2. The van der Waals surface area contributed by atoms with Crippen molar-refractivity contribution in [3.8, 4) is 17.2 Å². The monoisotopic (exact) mass is 288 g/mol. The molecule has 21 heavy (non-hydrogen) atoms. The van der Waals surface area contributed by atoms with Crippen LogP contribution in [0.3, 0.4) is 0 Å². The fourth-order valence-corrected chi connectivity index (χ4v) is 1.85. The second-order valence-electron chi connectivity index (χ2n) is 4.24. The van der Waals surface area contributed by atoms with Crippen LogP contribution in [0.15, 0.2) is 42.5 Å². The first-order valence-electron chi connectivity index (χ1n) is 6.32. The molecule has 0 bridgehead atoms. The fraction of sp³-hybridized carbons (Fsp3) is 0.188. The van der Waals surface area contributed by atoms with Crippen LogP contribution in [0.25, 0.3) is 0 Å². The molecule has 0 amide bonds. The van der Waals surface area contributed by atoms with E-state index in [0.717, 1.165) is 0 Å². The molecule has 0 aromatic heterocycles. The van der Waals surface area contributed by atoms with Gasteiger partial charge in [0.05, 0.1) is 26.4 Å². The van der Waals surface area contributed by atoms with Gasteiger partial charge < -0.3 is 19.3 Å². The lowest BCUT2D eigenvalue weighted by molar-refractivity contribution is 0.0724. The predicted molar refractivity (Wildman–Crippen MR) is 76.9 cm³/mol. The van der Waals surface area contributed by atoms with Crippen molar-refractivity contribution in [1.82, 2.24) is 0 Å². The second kappa shape index (κ2) is 6.76. The topological polar surface area (TPSA) is 65.0 Å². The van der Waals surface area contributed by atoms with Gasteiger partial charge in [0.25, 0.3) is 0 Å². The summed E-state index contributed by atoms with van der Waals surface area (Å²) in [7, 11) is 2.91. The third kappa shape index (κ3) is 3.32. The Kier molecular flexibility index (Phi) is 4.79.